The van der Waals surface area contributed by atoms with Crippen LogP contribution in [0.4, 0.5) is 0 Å². The van der Waals surface area contributed by atoms with Gasteiger partial charge < -0.3 is 0 Å². The summed E-state index contributed by atoms with van der Waals surface area (Å²) in [5.74, 6) is 0. The molecule has 6 aromatic carbocycles. The van der Waals surface area contributed by atoms with Gasteiger partial charge in [0.2, 0.25) is 16.5 Å². The van der Waals surface area contributed by atoms with Crippen molar-refractivity contribution in [1.82, 2.24) is 4.98 Å². The van der Waals surface area contributed by atoms with Crippen LogP contribution in [0, 0.1) is 0 Å². The smallest absolute Gasteiger partial charge is 0.243 e. The number of aryl methyl sites for hydroxylation is 1. The molecule has 164 valence electrons. The first-order chi connectivity index (χ1) is 17.0. The van der Waals surface area contributed by atoms with Crippen molar-refractivity contribution < 1.29 is 4.57 Å². The van der Waals surface area contributed by atoms with Crippen LogP contribution in [0.2, 0.25) is 0 Å². The van der Waals surface area contributed by atoms with Crippen molar-refractivity contribution >= 4 is 65.2 Å². The van der Waals surface area contributed by atoms with Gasteiger partial charge in [-0.25, -0.2) is 4.98 Å². The Kier molecular flexibility index (Phi) is 3.70. The molecule has 6 heteroatoms. The average Bonchev–Trinajstić information content (AvgIpc) is 2.89. The molecule has 0 aliphatic carbocycles. The summed E-state index contributed by atoms with van der Waals surface area (Å²) in [6.07, 6.45) is 0. The fraction of sp³-hybridized carbons (Fsp3) is 0.0345. The summed E-state index contributed by atoms with van der Waals surface area (Å²) in [4.78, 5) is 58.1. The number of aromatic nitrogens is 2. The van der Waals surface area contributed by atoms with Crippen LogP contribution in [0.25, 0.3) is 65.2 Å². The van der Waals surface area contributed by atoms with Crippen molar-refractivity contribution in [3.8, 4) is 0 Å². The second kappa shape index (κ2) is 6.61. The summed E-state index contributed by atoms with van der Waals surface area (Å²) in [5.41, 5.74) is 1.03. The maximum atomic E-state index is 13.5. The van der Waals surface area contributed by atoms with Crippen molar-refractivity contribution in [3.63, 3.8) is 0 Å². The second-order valence-corrected chi connectivity index (χ2v) is 8.79. The molecule has 7 rings (SSSR count). The molecule has 35 heavy (non-hydrogen) atoms. The lowest BCUT2D eigenvalue weighted by atomic mass is 9.99. The van der Waals surface area contributed by atoms with Crippen molar-refractivity contribution in [3.05, 3.63) is 114 Å². The summed E-state index contributed by atoms with van der Waals surface area (Å²) in [5, 5.41) is 2.68. The maximum absolute atomic E-state index is 13.5. The third kappa shape index (κ3) is 2.38. The minimum absolute atomic E-state index is 0.208. The first-order valence-corrected chi connectivity index (χ1v) is 11.1. The summed E-state index contributed by atoms with van der Waals surface area (Å²) in [6, 6.07) is 20.3. The van der Waals surface area contributed by atoms with Crippen LogP contribution in [0.5, 0.6) is 0 Å². The molecule has 1 aromatic heterocycles. The largest absolute Gasteiger partial charge is 0.289 e. The predicted molar refractivity (Wildman–Crippen MR) is 138 cm³/mol. The quantitative estimate of drug-likeness (QED) is 0.199. The van der Waals surface area contributed by atoms with Crippen molar-refractivity contribution in [2.75, 3.05) is 0 Å². The molecule has 0 aliphatic rings. The lowest BCUT2D eigenvalue weighted by Gasteiger charge is -2.07. The zero-order valence-corrected chi connectivity index (χ0v) is 18.5. The topological polar surface area (TPSA) is 85.0 Å². The van der Waals surface area contributed by atoms with E-state index in [0.717, 1.165) is 0 Å². The lowest BCUT2D eigenvalue weighted by Crippen LogP contribution is -2.33. The lowest BCUT2D eigenvalue weighted by molar-refractivity contribution is -0.617. The Morgan fingerprint density at radius 3 is 1.63 bits per heavy atom. The van der Waals surface area contributed by atoms with Crippen molar-refractivity contribution in [2.45, 2.75) is 0 Å². The predicted octanol–water partition coefficient (Wildman–Crippen LogP) is 3.14. The van der Waals surface area contributed by atoms with Gasteiger partial charge in [-0.3, -0.25) is 19.2 Å². The molecule has 0 saturated heterocycles. The monoisotopic (exact) mass is 455 g/mol. The number of fused-ring (bicyclic) bond motifs is 8. The van der Waals surface area contributed by atoms with Gasteiger partial charge in [0.1, 0.15) is 23.5 Å². The highest BCUT2D eigenvalue weighted by Gasteiger charge is 2.24. The molecule has 0 atom stereocenters. The summed E-state index contributed by atoms with van der Waals surface area (Å²) < 4.78 is 1.79. The Labute approximate surface area is 195 Å². The zero-order valence-electron chi connectivity index (χ0n) is 18.5. The molecular weight excluding hydrogens is 440 g/mol. The first-order valence-electron chi connectivity index (χ1n) is 11.1. The van der Waals surface area contributed by atoms with Crippen molar-refractivity contribution in [2.24, 2.45) is 7.05 Å². The van der Waals surface area contributed by atoms with Crippen molar-refractivity contribution in [1.29, 1.82) is 0 Å². The number of hydrogen-bond donors (Lipinski definition) is 0. The van der Waals surface area contributed by atoms with Crippen LogP contribution >= 0.6 is 0 Å². The van der Waals surface area contributed by atoms with Gasteiger partial charge in [-0.05, 0) is 18.2 Å². The van der Waals surface area contributed by atoms with Crippen LogP contribution in [-0.2, 0) is 7.05 Å². The van der Waals surface area contributed by atoms with Gasteiger partial charge in [0.15, 0.2) is 16.3 Å². The zero-order chi connectivity index (χ0) is 24.0. The van der Waals surface area contributed by atoms with Gasteiger partial charge in [0.25, 0.3) is 0 Å². The fourth-order valence-electron chi connectivity index (χ4n) is 5.37. The van der Waals surface area contributed by atoms with E-state index in [2.05, 4.69) is 0 Å². The normalized spacial score (nSPS) is 12.0. The highest BCUT2D eigenvalue weighted by atomic mass is 16.1. The number of hydrogen-bond acceptors (Lipinski definition) is 5. The summed E-state index contributed by atoms with van der Waals surface area (Å²) in [7, 11) is 1.78. The molecular formula is C29H15N2O4+. The van der Waals surface area contributed by atoms with Crippen LogP contribution in [0.3, 0.4) is 0 Å². The van der Waals surface area contributed by atoms with E-state index in [1.807, 2.05) is 0 Å². The molecule has 0 bridgehead atoms. The van der Waals surface area contributed by atoms with Crippen LogP contribution < -0.4 is 26.3 Å². The number of nitrogens with zero attached hydrogens (tertiary/aromatic N) is 2. The first kappa shape index (κ1) is 19.6. The van der Waals surface area contributed by atoms with E-state index >= 15 is 0 Å². The Morgan fingerprint density at radius 2 is 1.03 bits per heavy atom. The van der Waals surface area contributed by atoms with Gasteiger partial charge >= 0.3 is 0 Å². The number of rotatable bonds is 0. The molecule has 0 amide bonds. The SMILES string of the molecule is C[n+]1c2ccc3c(=O)c4ccccc4c(=O)c3c2nc2ccc3c(=O)c4ccccc4c(=O)c3c21. The van der Waals surface area contributed by atoms with Gasteiger partial charge in [-0.15, -0.1) is 0 Å². The molecule has 0 N–H and O–H groups in total. The Balaban J connectivity index is 1.76. The minimum Gasteiger partial charge on any atom is -0.289 e. The Bertz CT molecular complexity index is 2310. The molecule has 0 fully saturated rings. The summed E-state index contributed by atoms with van der Waals surface area (Å²) in [6.45, 7) is 0. The molecule has 6 nitrogen and oxygen atoms in total. The highest BCUT2D eigenvalue weighted by molar-refractivity contribution is 6.12. The van der Waals surface area contributed by atoms with Gasteiger partial charge in [0, 0.05) is 38.4 Å². The van der Waals surface area contributed by atoms with E-state index in [0.29, 0.717) is 59.8 Å². The second-order valence-electron chi connectivity index (χ2n) is 8.79. The van der Waals surface area contributed by atoms with E-state index in [1.165, 1.54) is 0 Å². The molecule has 0 saturated carbocycles. The van der Waals surface area contributed by atoms with Gasteiger partial charge in [0.05, 0.1) is 5.39 Å². The molecule has 1 heterocycles. The average molecular weight is 455 g/mol. The standard InChI is InChI=1S/C29H15N2O4/c1-31-21-13-11-18-22(28(34)16-8-4-2-6-14(16)26(18)32)24(21)30-20-12-10-19-23(25(20)31)29(35)17-9-5-3-7-15(17)27(19)33/h2-13H,1H3/q+1. The van der Waals surface area contributed by atoms with Gasteiger partial charge in [-0.2, -0.15) is 4.57 Å². The molecule has 0 radical (unpaired) electrons. The van der Waals surface area contributed by atoms with E-state index in [-0.39, 0.29) is 27.1 Å². The minimum atomic E-state index is -0.259. The third-order valence-electron chi connectivity index (χ3n) is 7.02. The van der Waals surface area contributed by atoms with E-state index in [1.54, 1.807) is 84.4 Å². The molecule has 7 aromatic rings. The van der Waals surface area contributed by atoms with E-state index < -0.39 is 0 Å². The summed E-state index contributed by atoms with van der Waals surface area (Å²) >= 11 is 0. The highest BCUT2D eigenvalue weighted by Crippen LogP contribution is 2.25. The van der Waals surface area contributed by atoms with E-state index in [4.69, 9.17) is 4.98 Å². The molecule has 0 unspecified atom stereocenters. The van der Waals surface area contributed by atoms with Crippen LogP contribution in [-0.4, -0.2) is 4.98 Å². The molecule has 0 aliphatic heterocycles. The Morgan fingerprint density at radius 1 is 0.543 bits per heavy atom. The Hall–Kier alpha value is -4.84. The van der Waals surface area contributed by atoms with Gasteiger partial charge in [-0.1, -0.05) is 48.5 Å². The third-order valence-corrected chi connectivity index (χ3v) is 7.02. The van der Waals surface area contributed by atoms with E-state index in [9.17, 15) is 19.2 Å². The maximum Gasteiger partial charge on any atom is 0.243 e. The molecule has 0 spiro atoms. The fourth-order valence-corrected chi connectivity index (χ4v) is 5.37. The van der Waals surface area contributed by atoms with Crippen LogP contribution in [0.1, 0.15) is 0 Å². The number of benzene rings is 6. The van der Waals surface area contributed by atoms with Crippen LogP contribution in [0.15, 0.2) is 92.0 Å².